The van der Waals surface area contributed by atoms with Crippen LogP contribution in [-0.4, -0.2) is 8.42 Å². The first kappa shape index (κ1) is 8.27. The highest BCUT2D eigenvalue weighted by molar-refractivity contribution is 7.98. The molecule has 0 bridgehead atoms. The maximum Gasteiger partial charge on any atom is 0.196 e. The van der Waals surface area contributed by atoms with Crippen LogP contribution in [0.5, 0.6) is 0 Å². The second-order valence-electron chi connectivity index (χ2n) is 2.50. The van der Waals surface area contributed by atoms with Gasteiger partial charge in [0.2, 0.25) is 0 Å². The molecule has 0 atom stereocenters. The molecule has 0 aliphatic carbocycles. The molecule has 0 unspecified atom stereocenters. The van der Waals surface area contributed by atoms with Crippen LogP contribution in [0.3, 0.4) is 0 Å². The van der Waals surface area contributed by atoms with E-state index in [1.54, 1.807) is 19.9 Å². The van der Waals surface area contributed by atoms with E-state index in [4.69, 9.17) is 0 Å². The van der Waals surface area contributed by atoms with Crippen LogP contribution in [0.25, 0.3) is 0 Å². The fourth-order valence-corrected chi connectivity index (χ4v) is 2.29. The Morgan fingerprint density at radius 3 is 2.18 bits per heavy atom. The van der Waals surface area contributed by atoms with Gasteiger partial charge in [-0.3, -0.25) is 0 Å². The van der Waals surface area contributed by atoms with E-state index in [9.17, 15) is 8.42 Å². The van der Waals surface area contributed by atoms with Crippen molar-refractivity contribution >= 4 is 9.84 Å². The molecule has 3 heteroatoms. The molecule has 0 aromatic carbocycles. The van der Waals surface area contributed by atoms with Gasteiger partial charge in [-0.2, -0.15) is 0 Å². The van der Waals surface area contributed by atoms with Gasteiger partial charge in [0, 0.05) is 10.3 Å². The minimum Gasteiger partial charge on any atom is -0.219 e. The number of sulfone groups is 1. The van der Waals surface area contributed by atoms with Crippen molar-refractivity contribution < 1.29 is 8.42 Å². The Morgan fingerprint density at radius 1 is 1.45 bits per heavy atom. The van der Waals surface area contributed by atoms with E-state index in [-0.39, 0.29) is 0 Å². The fourth-order valence-electron chi connectivity index (χ4n) is 0.962. The van der Waals surface area contributed by atoms with E-state index < -0.39 is 9.84 Å². The maximum atomic E-state index is 11.2. The Balaban J connectivity index is 3.40. The van der Waals surface area contributed by atoms with E-state index >= 15 is 0 Å². The monoisotopic (exact) mass is 170 g/mol. The molecular formula is C8H10O2S. The van der Waals surface area contributed by atoms with Crippen LogP contribution in [0.4, 0.5) is 0 Å². The van der Waals surface area contributed by atoms with E-state index in [1.807, 2.05) is 0 Å². The third kappa shape index (κ3) is 1.16. The molecule has 0 amide bonds. The molecule has 11 heavy (non-hydrogen) atoms. The van der Waals surface area contributed by atoms with E-state index in [0.29, 0.717) is 10.5 Å². The van der Waals surface area contributed by atoms with Crippen LogP contribution in [0.15, 0.2) is 34.1 Å². The maximum absolute atomic E-state index is 11.2. The van der Waals surface area contributed by atoms with Crippen molar-refractivity contribution in [3.05, 3.63) is 34.1 Å². The minimum absolute atomic E-state index is 0.437. The Labute approximate surface area is 66.8 Å². The van der Waals surface area contributed by atoms with Gasteiger partial charge in [0.25, 0.3) is 0 Å². The van der Waals surface area contributed by atoms with Crippen LogP contribution in [0, 0.1) is 0 Å². The smallest absolute Gasteiger partial charge is 0.196 e. The third-order valence-corrected chi connectivity index (χ3v) is 3.61. The molecule has 0 aromatic heterocycles. The fraction of sp³-hybridized carbons (Fsp3) is 0.250. The van der Waals surface area contributed by atoms with E-state index in [0.717, 1.165) is 5.57 Å². The van der Waals surface area contributed by atoms with Crippen LogP contribution in [0.2, 0.25) is 0 Å². The van der Waals surface area contributed by atoms with Gasteiger partial charge >= 0.3 is 0 Å². The highest BCUT2D eigenvalue weighted by Gasteiger charge is 2.21. The molecule has 0 N–H and O–H groups in total. The molecule has 60 valence electrons. The topological polar surface area (TPSA) is 34.1 Å². The van der Waals surface area contributed by atoms with E-state index in [2.05, 4.69) is 6.58 Å². The summed E-state index contributed by atoms with van der Waals surface area (Å²) in [5.74, 6) is 0. The first-order valence-corrected chi connectivity index (χ1v) is 4.81. The third-order valence-electron chi connectivity index (χ3n) is 1.89. The lowest BCUT2D eigenvalue weighted by atomic mass is 10.1. The summed E-state index contributed by atoms with van der Waals surface area (Å²) < 4.78 is 22.3. The van der Waals surface area contributed by atoms with Gasteiger partial charge in [-0.25, -0.2) is 8.42 Å². The normalized spacial score (nSPS) is 21.8. The highest BCUT2D eigenvalue weighted by atomic mass is 32.2. The first-order valence-electron chi connectivity index (χ1n) is 3.26. The zero-order valence-electron chi connectivity index (χ0n) is 6.59. The van der Waals surface area contributed by atoms with Crippen molar-refractivity contribution in [2.24, 2.45) is 0 Å². The summed E-state index contributed by atoms with van der Waals surface area (Å²) in [6.45, 7) is 6.92. The summed E-state index contributed by atoms with van der Waals surface area (Å²) in [6, 6.07) is 0. The second kappa shape index (κ2) is 2.34. The average Bonchev–Trinajstić information content (AvgIpc) is 2.13. The molecule has 0 saturated heterocycles. The van der Waals surface area contributed by atoms with Crippen LogP contribution in [-0.2, 0) is 9.84 Å². The summed E-state index contributed by atoms with van der Waals surface area (Å²) in [5, 5.41) is 1.25. The highest BCUT2D eigenvalue weighted by Crippen LogP contribution is 2.28. The van der Waals surface area contributed by atoms with E-state index in [1.165, 1.54) is 5.41 Å². The lowest BCUT2D eigenvalue weighted by Crippen LogP contribution is -1.91. The zero-order chi connectivity index (χ0) is 8.65. The molecule has 1 rings (SSSR count). The van der Waals surface area contributed by atoms with Crippen LogP contribution >= 0.6 is 0 Å². The molecule has 0 saturated carbocycles. The van der Waals surface area contributed by atoms with Gasteiger partial charge in [-0.05, 0) is 25.0 Å². The summed E-state index contributed by atoms with van der Waals surface area (Å²) in [4.78, 5) is 0.437. The van der Waals surface area contributed by atoms with Crippen molar-refractivity contribution in [1.29, 1.82) is 0 Å². The van der Waals surface area contributed by atoms with Crippen LogP contribution in [0.1, 0.15) is 13.8 Å². The predicted molar refractivity (Wildman–Crippen MR) is 45.6 cm³/mol. The van der Waals surface area contributed by atoms with Crippen molar-refractivity contribution in [3.8, 4) is 0 Å². The quantitative estimate of drug-likeness (QED) is 0.601. The summed E-state index contributed by atoms with van der Waals surface area (Å²) in [7, 11) is -3.09. The number of hydrogen-bond acceptors (Lipinski definition) is 2. The van der Waals surface area contributed by atoms with Crippen molar-refractivity contribution in [2.45, 2.75) is 13.8 Å². The molecule has 0 spiro atoms. The van der Waals surface area contributed by atoms with Crippen molar-refractivity contribution in [1.82, 2.24) is 0 Å². The zero-order valence-corrected chi connectivity index (χ0v) is 7.40. The van der Waals surface area contributed by atoms with Gasteiger partial charge in [0.15, 0.2) is 9.84 Å². The Kier molecular flexibility index (Phi) is 1.76. The molecule has 0 radical (unpaired) electrons. The molecule has 0 fully saturated rings. The van der Waals surface area contributed by atoms with Gasteiger partial charge < -0.3 is 0 Å². The largest absolute Gasteiger partial charge is 0.219 e. The van der Waals surface area contributed by atoms with Gasteiger partial charge in [-0.1, -0.05) is 12.7 Å². The molecule has 0 aromatic rings. The molecule has 1 heterocycles. The van der Waals surface area contributed by atoms with Gasteiger partial charge in [0.1, 0.15) is 0 Å². The van der Waals surface area contributed by atoms with Gasteiger partial charge in [-0.15, -0.1) is 0 Å². The number of rotatable bonds is 1. The van der Waals surface area contributed by atoms with Crippen molar-refractivity contribution in [3.63, 3.8) is 0 Å². The minimum atomic E-state index is -3.09. The average molecular weight is 170 g/mol. The Hall–Kier alpha value is -0.830. The molecule has 2 nitrogen and oxygen atoms in total. The molecule has 1 aliphatic rings. The van der Waals surface area contributed by atoms with Crippen LogP contribution < -0.4 is 0 Å². The van der Waals surface area contributed by atoms with Gasteiger partial charge in [0.05, 0.1) is 0 Å². The summed E-state index contributed by atoms with van der Waals surface area (Å²) in [5.41, 5.74) is 1.52. The SMILES string of the molecule is C=CC1=CS(=O)(=O)C(C)=C1C. The Morgan fingerprint density at radius 2 is 2.00 bits per heavy atom. The predicted octanol–water partition coefficient (Wildman–Crippen LogP) is 1.78. The summed E-state index contributed by atoms with van der Waals surface area (Å²) in [6.07, 6.45) is 1.56. The number of hydrogen-bond donors (Lipinski definition) is 0. The molecule has 1 aliphatic heterocycles. The van der Waals surface area contributed by atoms with Crippen molar-refractivity contribution in [2.75, 3.05) is 0 Å². The lowest BCUT2D eigenvalue weighted by molar-refractivity contribution is 0.610. The number of allylic oxidation sites excluding steroid dienone is 4. The second-order valence-corrected chi connectivity index (χ2v) is 4.44. The first-order chi connectivity index (χ1) is 4.99. The summed E-state index contributed by atoms with van der Waals surface area (Å²) >= 11 is 0. The molecular weight excluding hydrogens is 160 g/mol. The standard InChI is InChI=1S/C8H10O2S/c1-4-8-5-11(9,10)7(3)6(8)2/h4-5H,1H2,2-3H3. The Bertz CT molecular complexity index is 356. The lowest BCUT2D eigenvalue weighted by Gasteiger charge is -1.94.